The van der Waals surface area contributed by atoms with Gasteiger partial charge in [-0.05, 0) is 17.7 Å². The van der Waals surface area contributed by atoms with Gasteiger partial charge in [0, 0.05) is 30.5 Å². The number of nitro benzene ring substituents is 1. The number of amides is 1. The van der Waals surface area contributed by atoms with Crippen LogP contribution in [0.15, 0.2) is 47.3 Å². The topological polar surface area (TPSA) is 172 Å². The lowest BCUT2D eigenvalue weighted by atomic mass is 9.78. The molecule has 2 aliphatic rings. The molecule has 182 valence electrons. The zero-order valence-electron chi connectivity index (χ0n) is 18.8. The van der Waals surface area contributed by atoms with Gasteiger partial charge in [-0.1, -0.05) is 24.3 Å². The zero-order valence-corrected chi connectivity index (χ0v) is 18.8. The van der Waals surface area contributed by atoms with E-state index in [9.17, 15) is 25.0 Å². The molecule has 12 nitrogen and oxygen atoms in total. The summed E-state index contributed by atoms with van der Waals surface area (Å²) in [4.78, 5) is 43.8. The molecule has 3 N–H and O–H groups in total. The second kappa shape index (κ2) is 9.38. The van der Waals surface area contributed by atoms with E-state index in [0.717, 1.165) is 12.0 Å². The highest BCUT2D eigenvalue weighted by Crippen LogP contribution is 2.41. The smallest absolute Gasteiger partial charge is 0.273 e. The molecule has 3 heterocycles. The number of benzene rings is 2. The summed E-state index contributed by atoms with van der Waals surface area (Å²) in [6.45, 7) is 1.41. The van der Waals surface area contributed by atoms with Crippen LogP contribution in [0.25, 0.3) is 0 Å². The van der Waals surface area contributed by atoms with Crippen LogP contribution in [-0.2, 0) is 11.3 Å². The molecule has 2 atom stereocenters. The van der Waals surface area contributed by atoms with E-state index in [-0.39, 0.29) is 35.1 Å². The predicted molar refractivity (Wildman–Crippen MR) is 127 cm³/mol. The number of H-pyrrole nitrogens is 1. The first kappa shape index (κ1) is 22.9. The molecule has 0 spiro atoms. The SMILES string of the molecule is N#CC1C(=O)Nc2nc(NCc3ccc4c(c3)OCCCO4)[nH]c(=O)c2C1c1ccccc1[N+](=O)[O-]. The Bertz CT molecular complexity index is 1460. The lowest BCUT2D eigenvalue weighted by Crippen LogP contribution is -2.38. The van der Waals surface area contributed by atoms with E-state index in [2.05, 4.69) is 20.6 Å². The van der Waals surface area contributed by atoms with Crippen LogP contribution in [-0.4, -0.2) is 34.0 Å². The lowest BCUT2D eigenvalue weighted by Gasteiger charge is -2.28. The van der Waals surface area contributed by atoms with Crippen LogP contribution in [0.1, 0.15) is 29.0 Å². The van der Waals surface area contributed by atoms with E-state index < -0.39 is 28.2 Å². The van der Waals surface area contributed by atoms with Crippen molar-refractivity contribution in [1.29, 1.82) is 5.26 Å². The third kappa shape index (κ3) is 4.18. The molecule has 0 fully saturated rings. The number of nitro groups is 1. The van der Waals surface area contributed by atoms with Gasteiger partial charge in [0.1, 0.15) is 11.7 Å². The maximum absolute atomic E-state index is 13.2. The Balaban J connectivity index is 1.48. The number of ether oxygens (including phenoxy) is 2. The zero-order chi connectivity index (χ0) is 25.2. The van der Waals surface area contributed by atoms with Gasteiger partial charge < -0.3 is 20.1 Å². The first-order valence-corrected chi connectivity index (χ1v) is 11.2. The summed E-state index contributed by atoms with van der Waals surface area (Å²) in [5.41, 5.74) is -0.00288. The van der Waals surface area contributed by atoms with Crippen molar-refractivity contribution in [1.82, 2.24) is 9.97 Å². The largest absolute Gasteiger partial charge is 0.490 e. The number of nitrogens with zero attached hydrogens (tertiary/aromatic N) is 3. The molecule has 0 bridgehead atoms. The van der Waals surface area contributed by atoms with E-state index in [4.69, 9.17) is 9.47 Å². The molecule has 1 amide bonds. The maximum atomic E-state index is 13.2. The Kier molecular flexibility index (Phi) is 5.95. The molecule has 2 aliphatic heterocycles. The van der Waals surface area contributed by atoms with Crippen LogP contribution < -0.4 is 25.7 Å². The molecular weight excluding hydrogens is 468 g/mol. The van der Waals surface area contributed by atoms with E-state index >= 15 is 0 Å². The highest BCUT2D eigenvalue weighted by molar-refractivity contribution is 5.98. The molecule has 3 aromatic rings. The summed E-state index contributed by atoms with van der Waals surface area (Å²) < 4.78 is 11.3. The average Bonchev–Trinajstić information content (AvgIpc) is 3.11. The highest BCUT2D eigenvalue weighted by atomic mass is 16.6. The fourth-order valence-corrected chi connectivity index (χ4v) is 4.35. The second-order valence-electron chi connectivity index (χ2n) is 8.25. The lowest BCUT2D eigenvalue weighted by molar-refractivity contribution is -0.385. The fraction of sp³-hybridized carbons (Fsp3) is 0.250. The first-order chi connectivity index (χ1) is 17.5. The van der Waals surface area contributed by atoms with Gasteiger partial charge in [-0.3, -0.25) is 24.7 Å². The molecule has 36 heavy (non-hydrogen) atoms. The normalized spacial score (nSPS) is 18.2. The number of carbonyl (C=O) groups excluding carboxylic acids is 1. The van der Waals surface area contributed by atoms with Crippen LogP contribution in [0.2, 0.25) is 0 Å². The van der Waals surface area contributed by atoms with Gasteiger partial charge >= 0.3 is 0 Å². The van der Waals surface area contributed by atoms with Crippen molar-refractivity contribution in [2.45, 2.75) is 18.9 Å². The number of nitriles is 1. The number of fused-ring (bicyclic) bond motifs is 2. The van der Waals surface area contributed by atoms with Gasteiger partial charge in [-0.15, -0.1) is 0 Å². The van der Waals surface area contributed by atoms with E-state index in [1.54, 1.807) is 12.1 Å². The third-order valence-corrected chi connectivity index (χ3v) is 6.00. The molecule has 0 saturated carbocycles. The molecule has 12 heteroatoms. The molecular formula is C24H20N6O6. The van der Waals surface area contributed by atoms with Crippen LogP contribution in [0.4, 0.5) is 17.5 Å². The molecule has 2 unspecified atom stereocenters. The van der Waals surface area contributed by atoms with Crippen molar-refractivity contribution < 1.29 is 19.2 Å². The van der Waals surface area contributed by atoms with Gasteiger partial charge in [0.05, 0.1) is 29.8 Å². The molecule has 0 saturated heterocycles. The van der Waals surface area contributed by atoms with Gasteiger partial charge in [0.25, 0.3) is 11.2 Å². The minimum Gasteiger partial charge on any atom is -0.490 e. The number of aromatic amines is 1. The standard InChI is InChI=1S/C24H20N6O6/c25-11-15-19(14-4-1-2-5-16(14)30(33)34)20-21(27-22(15)31)28-24(29-23(20)32)26-12-13-6-7-17-18(10-13)36-9-3-8-35-17/h1-2,4-7,10,15,19H,3,8-9,12H2,(H3,26,27,28,29,31,32). The van der Waals surface area contributed by atoms with Crippen LogP contribution in [0.5, 0.6) is 11.5 Å². The van der Waals surface area contributed by atoms with Crippen LogP contribution >= 0.6 is 0 Å². The summed E-state index contributed by atoms with van der Waals surface area (Å²) in [6.07, 6.45) is 0.786. The second-order valence-corrected chi connectivity index (χ2v) is 8.25. The Labute approximate surface area is 204 Å². The van der Waals surface area contributed by atoms with Gasteiger partial charge in [-0.2, -0.15) is 10.2 Å². The quantitative estimate of drug-likeness (QED) is 0.360. The summed E-state index contributed by atoms with van der Waals surface area (Å²) in [6, 6.07) is 13.1. The van der Waals surface area contributed by atoms with Crippen molar-refractivity contribution in [3.05, 3.63) is 79.6 Å². The van der Waals surface area contributed by atoms with Crippen LogP contribution in [0.3, 0.4) is 0 Å². The van der Waals surface area contributed by atoms with E-state index in [1.807, 2.05) is 18.2 Å². The summed E-state index contributed by atoms with van der Waals surface area (Å²) >= 11 is 0. The number of para-hydroxylation sites is 1. The number of hydrogen-bond acceptors (Lipinski definition) is 9. The van der Waals surface area contributed by atoms with Crippen molar-refractivity contribution in [2.75, 3.05) is 23.8 Å². The van der Waals surface area contributed by atoms with E-state index in [0.29, 0.717) is 24.7 Å². The molecule has 1 aromatic heterocycles. The Morgan fingerprint density at radius 3 is 2.72 bits per heavy atom. The van der Waals surface area contributed by atoms with Gasteiger partial charge in [-0.25, -0.2) is 0 Å². The molecule has 0 radical (unpaired) electrons. The summed E-state index contributed by atoms with van der Waals surface area (Å²) in [5, 5.41) is 26.8. The number of aromatic nitrogens is 2. The van der Waals surface area contributed by atoms with Gasteiger partial charge in [0.15, 0.2) is 11.5 Å². The molecule has 2 aromatic carbocycles. The number of rotatable bonds is 5. The van der Waals surface area contributed by atoms with Crippen molar-refractivity contribution in [2.24, 2.45) is 5.92 Å². The predicted octanol–water partition coefficient (Wildman–Crippen LogP) is 2.68. The Morgan fingerprint density at radius 2 is 1.94 bits per heavy atom. The number of hydrogen-bond donors (Lipinski definition) is 3. The minimum absolute atomic E-state index is 0.0171. The number of carbonyl (C=O) groups is 1. The maximum Gasteiger partial charge on any atom is 0.273 e. The average molecular weight is 488 g/mol. The Hall–Kier alpha value is -4.92. The monoisotopic (exact) mass is 488 g/mol. The number of anilines is 2. The van der Waals surface area contributed by atoms with E-state index in [1.165, 1.54) is 18.2 Å². The van der Waals surface area contributed by atoms with Gasteiger partial charge in [0.2, 0.25) is 11.9 Å². The fourth-order valence-electron chi connectivity index (χ4n) is 4.35. The molecule has 0 aliphatic carbocycles. The third-order valence-electron chi connectivity index (χ3n) is 6.00. The first-order valence-electron chi connectivity index (χ1n) is 11.2. The van der Waals surface area contributed by atoms with Crippen LogP contribution in [0, 0.1) is 27.4 Å². The summed E-state index contributed by atoms with van der Waals surface area (Å²) in [7, 11) is 0. The highest BCUT2D eigenvalue weighted by Gasteiger charge is 2.42. The van der Waals surface area contributed by atoms with Crippen molar-refractivity contribution >= 4 is 23.4 Å². The van der Waals surface area contributed by atoms with Crippen molar-refractivity contribution in [3.8, 4) is 17.6 Å². The minimum atomic E-state index is -1.35. The Morgan fingerprint density at radius 1 is 1.17 bits per heavy atom. The summed E-state index contributed by atoms with van der Waals surface area (Å²) in [5.74, 6) is -1.88. The number of nitrogens with one attached hydrogen (secondary N) is 3. The molecule has 5 rings (SSSR count). The van der Waals surface area contributed by atoms with Crippen molar-refractivity contribution in [3.63, 3.8) is 0 Å².